The molecular formula is C18H22N4O2. The fraction of sp³-hybridized carbons (Fsp3) is 0.333. The summed E-state index contributed by atoms with van der Waals surface area (Å²) in [5, 5.41) is 16.7. The molecule has 0 atom stereocenters. The van der Waals surface area contributed by atoms with Crippen molar-refractivity contribution in [3.63, 3.8) is 0 Å². The summed E-state index contributed by atoms with van der Waals surface area (Å²) in [5.74, 6) is 0.877. The molecule has 0 aliphatic carbocycles. The predicted molar refractivity (Wildman–Crippen MR) is 94.3 cm³/mol. The van der Waals surface area contributed by atoms with Crippen molar-refractivity contribution in [2.75, 3.05) is 31.7 Å². The Bertz CT molecular complexity index is 815. The van der Waals surface area contributed by atoms with Gasteiger partial charge in [-0.1, -0.05) is 30.3 Å². The van der Waals surface area contributed by atoms with Gasteiger partial charge in [-0.3, -0.25) is 0 Å². The Hall–Kier alpha value is -2.44. The van der Waals surface area contributed by atoms with Crippen LogP contribution < -0.4 is 5.32 Å². The molecule has 1 aromatic carbocycles. The van der Waals surface area contributed by atoms with Gasteiger partial charge >= 0.3 is 0 Å². The number of aliphatic hydroxyl groups excluding tert-OH is 1. The maximum atomic E-state index is 8.75. The molecule has 3 aromatic rings. The van der Waals surface area contributed by atoms with Gasteiger partial charge in [0.15, 0.2) is 5.65 Å². The number of ether oxygens (including phenoxy) is 1. The summed E-state index contributed by atoms with van der Waals surface area (Å²) >= 11 is 0. The van der Waals surface area contributed by atoms with Crippen LogP contribution in [0.5, 0.6) is 0 Å². The van der Waals surface area contributed by atoms with Gasteiger partial charge in [0.25, 0.3) is 0 Å². The second kappa shape index (κ2) is 7.42. The third-order valence-corrected chi connectivity index (χ3v) is 3.91. The van der Waals surface area contributed by atoms with Gasteiger partial charge in [-0.25, -0.2) is 4.98 Å². The monoisotopic (exact) mass is 326 g/mol. The predicted octanol–water partition coefficient (Wildman–Crippen LogP) is 2.43. The van der Waals surface area contributed by atoms with Crippen molar-refractivity contribution in [1.29, 1.82) is 0 Å². The number of aromatic nitrogens is 3. The number of aryl methyl sites for hydroxylation is 2. The molecule has 2 heterocycles. The topological polar surface area (TPSA) is 71.7 Å². The van der Waals surface area contributed by atoms with Gasteiger partial charge in [-0.15, -0.1) is 0 Å². The normalized spacial score (nSPS) is 11.1. The van der Waals surface area contributed by atoms with Crippen LogP contribution in [-0.2, 0) is 4.74 Å². The highest BCUT2D eigenvalue weighted by Gasteiger charge is 2.13. The second-order valence-electron chi connectivity index (χ2n) is 5.60. The van der Waals surface area contributed by atoms with E-state index in [-0.39, 0.29) is 6.61 Å². The number of hydrogen-bond donors (Lipinski definition) is 2. The van der Waals surface area contributed by atoms with Crippen molar-refractivity contribution < 1.29 is 9.84 Å². The summed E-state index contributed by atoms with van der Waals surface area (Å²) in [6.07, 6.45) is 0. The van der Waals surface area contributed by atoms with Crippen molar-refractivity contribution in [3.05, 3.63) is 47.7 Å². The van der Waals surface area contributed by atoms with E-state index in [0.29, 0.717) is 19.8 Å². The minimum absolute atomic E-state index is 0.0369. The number of aliphatic hydroxyl groups is 1. The Morgan fingerprint density at radius 1 is 1.17 bits per heavy atom. The van der Waals surface area contributed by atoms with Crippen LogP contribution in [0.1, 0.15) is 11.3 Å². The zero-order chi connectivity index (χ0) is 16.9. The number of hydrogen-bond acceptors (Lipinski definition) is 5. The highest BCUT2D eigenvalue weighted by Crippen LogP contribution is 2.24. The molecule has 0 radical (unpaired) electrons. The first-order valence-electron chi connectivity index (χ1n) is 8.05. The molecule has 126 valence electrons. The van der Waals surface area contributed by atoms with E-state index in [9.17, 15) is 0 Å². The van der Waals surface area contributed by atoms with Crippen LogP contribution in [0.3, 0.4) is 0 Å². The summed E-state index contributed by atoms with van der Waals surface area (Å²) in [4.78, 5) is 4.78. The Balaban J connectivity index is 1.95. The maximum absolute atomic E-state index is 8.75. The molecule has 0 amide bonds. The Labute approximate surface area is 141 Å². The number of nitrogens with zero attached hydrogens (tertiary/aromatic N) is 3. The van der Waals surface area contributed by atoms with E-state index in [1.54, 1.807) is 0 Å². The summed E-state index contributed by atoms with van der Waals surface area (Å²) in [6.45, 7) is 5.56. The molecule has 0 saturated heterocycles. The first-order valence-corrected chi connectivity index (χ1v) is 8.05. The van der Waals surface area contributed by atoms with E-state index in [1.807, 2.05) is 54.8 Å². The van der Waals surface area contributed by atoms with Crippen molar-refractivity contribution in [2.45, 2.75) is 13.8 Å². The van der Waals surface area contributed by atoms with Gasteiger partial charge in [0.05, 0.1) is 31.2 Å². The van der Waals surface area contributed by atoms with E-state index >= 15 is 0 Å². The van der Waals surface area contributed by atoms with Gasteiger partial charge in [0, 0.05) is 23.7 Å². The summed E-state index contributed by atoms with van der Waals surface area (Å²) in [6, 6.07) is 12.1. The van der Waals surface area contributed by atoms with Crippen LogP contribution in [0.2, 0.25) is 0 Å². The van der Waals surface area contributed by atoms with Crippen molar-refractivity contribution >= 4 is 11.5 Å². The summed E-state index contributed by atoms with van der Waals surface area (Å²) in [7, 11) is 0. The lowest BCUT2D eigenvalue weighted by Crippen LogP contribution is -2.14. The molecule has 0 bridgehead atoms. The third kappa shape index (κ3) is 3.39. The standard InChI is InChI=1S/C18H22N4O2/c1-13-14(2)21-22-17(19-8-10-24-11-9-23)12-16(20-18(13)22)15-6-4-3-5-7-15/h3-7,12,19,23H,8-11H2,1-2H3. The third-order valence-electron chi connectivity index (χ3n) is 3.91. The van der Waals surface area contributed by atoms with Gasteiger partial charge in [0.2, 0.25) is 0 Å². The maximum Gasteiger partial charge on any atom is 0.161 e. The zero-order valence-electron chi connectivity index (χ0n) is 14.0. The first kappa shape index (κ1) is 16.4. The van der Waals surface area contributed by atoms with Crippen LogP contribution in [0.15, 0.2) is 36.4 Å². The molecule has 0 aliphatic rings. The molecule has 6 heteroatoms. The lowest BCUT2D eigenvalue weighted by atomic mass is 10.1. The van der Waals surface area contributed by atoms with E-state index in [4.69, 9.17) is 14.8 Å². The Morgan fingerprint density at radius 3 is 2.71 bits per heavy atom. The minimum Gasteiger partial charge on any atom is -0.394 e. The molecule has 24 heavy (non-hydrogen) atoms. The molecule has 2 N–H and O–H groups in total. The average molecular weight is 326 g/mol. The lowest BCUT2D eigenvalue weighted by Gasteiger charge is -2.11. The number of rotatable bonds is 7. The van der Waals surface area contributed by atoms with Crippen LogP contribution in [0, 0.1) is 13.8 Å². The first-order chi connectivity index (χ1) is 11.7. The fourth-order valence-electron chi connectivity index (χ4n) is 2.53. The molecule has 0 fully saturated rings. The van der Waals surface area contributed by atoms with Crippen LogP contribution in [-0.4, -0.2) is 46.1 Å². The number of fused-ring (bicyclic) bond motifs is 1. The zero-order valence-corrected chi connectivity index (χ0v) is 14.0. The van der Waals surface area contributed by atoms with E-state index in [0.717, 1.165) is 34.0 Å². The Kier molecular flexibility index (Phi) is 5.08. The lowest BCUT2D eigenvalue weighted by molar-refractivity contribution is 0.0991. The van der Waals surface area contributed by atoms with Crippen molar-refractivity contribution in [1.82, 2.24) is 14.6 Å². The second-order valence-corrected chi connectivity index (χ2v) is 5.60. The van der Waals surface area contributed by atoms with E-state index < -0.39 is 0 Å². The van der Waals surface area contributed by atoms with Gasteiger partial charge in [-0.2, -0.15) is 9.61 Å². The quantitative estimate of drug-likeness (QED) is 0.653. The molecule has 0 spiro atoms. The van der Waals surface area contributed by atoms with Crippen LogP contribution in [0.4, 0.5) is 5.82 Å². The molecule has 6 nitrogen and oxygen atoms in total. The highest BCUT2D eigenvalue weighted by molar-refractivity contribution is 5.68. The molecule has 3 rings (SSSR count). The smallest absolute Gasteiger partial charge is 0.161 e. The number of benzene rings is 1. The van der Waals surface area contributed by atoms with E-state index in [1.165, 1.54) is 0 Å². The highest BCUT2D eigenvalue weighted by atomic mass is 16.5. The minimum atomic E-state index is 0.0369. The molecule has 2 aromatic heterocycles. The molecule has 0 unspecified atom stereocenters. The molecular weight excluding hydrogens is 304 g/mol. The van der Waals surface area contributed by atoms with Crippen molar-refractivity contribution in [3.8, 4) is 11.3 Å². The molecule has 0 saturated carbocycles. The van der Waals surface area contributed by atoms with Gasteiger partial charge in [0.1, 0.15) is 5.82 Å². The van der Waals surface area contributed by atoms with E-state index in [2.05, 4.69) is 10.4 Å². The number of nitrogens with one attached hydrogen (secondary N) is 1. The SMILES string of the molecule is Cc1nn2c(NCCOCCO)cc(-c3ccccc3)nc2c1C. The number of anilines is 1. The van der Waals surface area contributed by atoms with Crippen LogP contribution >= 0.6 is 0 Å². The Morgan fingerprint density at radius 2 is 1.96 bits per heavy atom. The summed E-state index contributed by atoms with van der Waals surface area (Å²) < 4.78 is 7.14. The average Bonchev–Trinajstić information content (AvgIpc) is 2.90. The van der Waals surface area contributed by atoms with Gasteiger partial charge in [-0.05, 0) is 13.8 Å². The fourth-order valence-corrected chi connectivity index (χ4v) is 2.53. The van der Waals surface area contributed by atoms with Gasteiger partial charge < -0.3 is 15.2 Å². The largest absolute Gasteiger partial charge is 0.394 e. The summed E-state index contributed by atoms with van der Waals surface area (Å²) in [5.41, 5.74) is 4.87. The molecule has 0 aliphatic heterocycles. The van der Waals surface area contributed by atoms with Crippen molar-refractivity contribution in [2.24, 2.45) is 0 Å². The van der Waals surface area contributed by atoms with Crippen LogP contribution in [0.25, 0.3) is 16.9 Å².